The molecule has 0 bridgehead atoms. The smallest absolute Gasteiger partial charge is 0.462 e. The molecule has 0 N–H and O–H groups in total. The van der Waals surface area contributed by atoms with Crippen molar-refractivity contribution in [2.24, 2.45) is 0 Å². The van der Waals surface area contributed by atoms with E-state index in [-0.39, 0.29) is 13.2 Å². The second kappa shape index (κ2) is 5.34. The van der Waals surface area contributed by atoms with Gasteiger partial charge in [0.05, 0.1) is 6.61 Å². The molecule has 1 aromatic rings. The van der Waals surface area contributed by atoms with E-state index in [9.17, 15) is 9.59 Å². The topological polar surface area (TPSA) is 61.8 Å². The summed E-state index contributed by atoms with van der Waals surface area (Å²) in [5.74, 6) is -0.563. The number of carbonyl (C=O) groups is 2. The molecule has 2 rings (SSSR count). The monoisotopic (exact) mass is 236 g/mol. The molecule has 0 aliphatic carbocycles. The molecule has 1 heterocycles. The zero-order valence-corrected chi connectivity index (χ0v) is 9.13. The molecule has 1 unspecified atom stereocenters. The van der Waals surface area contributed by atoms with E-state index in [0.717, 1.165) is 5.56 Å². The first kappa shape index (κ1) is 11.4. The van der Waals surface area contributed by atoms with Crippen molar-refractivity contribution in [2.75, 3.05) is 13.2 Å². The molecule has 0 radical (unpaired) electrons. The summed E-state index contributed by atoms with van der Waals surface area (Å²) in [7, 11) is 0. The SMILES string of the molecule is O=C1OCC(C(=O)OCCc2ccccc2)O1. The lowest BCUT2D eigenvalue weighted by molar-refractivity contribution is -0.151. The maximum atomic E-state index is 11.4. The van der Waals surface area contributed by atoms with Crippen molar-refractivity contribution < 1.29 is 23.8 Å². The van der Waals surface area contributed by atoms with Crippen molar-refractivity contribution in [3.05, 3.63) is 35.9 Å². The molecule has 0 spiro atoms. The van der Waals surface area contributed by atoms with E-state index in [2.05, 4.69) is 9.47 Å². The Balaban J connectivity index is 1.72. The Morgan fingerprint density at radius 3 is 2.76 bits per heavy atom. The summed E-state index contributed by atoms with van der Waals surface area (Å²) in [5, 5.41) is 0. The second-order valence-electron chi connectivity index (χ2n) is 3.57. The Morgan fingerprint density at radius 1 is 1.35 bits per heavy atom. The molecular formula is C12H12O5. The molecule has 5 nitrogen and oxygen atoms in total. The van der Waals surface area contributed by atoms with E-state index in [0.29, 0.717) is 6.42 Å². The summed E-state index contributed by atoms with van der Waals surface area (Å²) in [6.07, 6.45) is -1.11. The van der Waals surface area contributed by atoms with Crippen LogP contribution in [0.25, 0.3) is 0 Å². The Labute approximate surface area is 98.3 Å². The molecule has 90 valence electrons. The molecule has 0 amide bonds. The van der Waals surface area contributed by atoms with Crippen LogP contribution in [-0.4, -0.2) is 31.4 Å². The molecule has 1 saturated heterocycles. The number of cyclic esters (lactones) is 2. The average molecular weight is 236 g/mol. The van der Waals surface area contributed by atoms with Crippen LogP contribution in [-0.2, 0) is 25.4 Å². The lowest BCUT2D eigenvalue weighted by Crippen LogP contribution is -2.26. The number of rotatable bonds is 4. The first-order chi connectivity index (χ1) is 8.25. The third-order valence-electron chi connectivity index (χ3n) is 2.33. The number of carbonyl (C=O) groups excluding carboxylic acids is 2. The molecule has 1 atom stereocenters. The number of hydrogen-bond donors (Lipinski definition) is 0. The van der Waals surface area contributed by atoms with Crippen LogP contribution in [0.15, 0.2) is 30.3 Å². The van der Waals surface area contributed by atoms with Gasteiger partial charge in [0.2, 0.25) is 6.10 Å². The van der Waals surface area contributed by atoms with E-state index in [1.165, 1.54) is 0 Å². The van der Waals surface area contributed by atoms with Crippen molar-refractivity contribution >= 4 is 12.1 Å². The Hall–Kier alpha value is -2.04. The van der Waals surface area contributed by atoms with Gasteiger partial charge in [-0.25, -0.2) is 9.59 Å². The van der Waals surface area contributed by atoms with Crippen molar-refractivity contribution in [1.29, 1.82) is 0 Å². The Bertz CT molecular complexity index is 401. The van der Waals surface area contributed by atoms with Crippen LogP contribution >= 0.6 is 0 Å². The van der Waals surface area contributed by atoms with E-state index in [1.807, 2.05) is 30.3 Å². The molecule has 17 heavy (non-hydrogen) atoms. The van der Waals surface area contributed by atoms with Crippen LogP contribution in [0, 0.1) is 0 Å². The summed E-state index contributed by atoms with van der Waals surface area (Å²) in [4.78, 5) is 22.0. The van der Waals surface area contributed by atoms with Gasteiger partial charge in [-0.3, -0.25) is 0 Å². The normalized spacial score (nSPS) is 18.4. The standard InChI is InChI=1S/C12H12O5/c13-11(10-8-16-12(14)17-10)15-7-6-9-4-2-1-3-5-9/h1-5,10H,6-8H2. The van der Waals surface area contributed by atoms with Crippen LogP contribution < -0.4 is 0 Å². The molecule has 0 saturated carbocycles. The fourth-order valence-electron chi connectivity index (χ4n) is 1.45. The lowest BCUT2D eigenvalue weighted by atomic mass is 10.2. The third-order valence-corrected chi connectivity index (χ3v) is 2.33. The first-order valence-corrected chi connectivity index (χ1v) is 5.29. The number of hydrogen-bond acceptors (Lipinski definition) is 5. The summed E-state index contributed by atoms with van der Waals surface area (Å²) >= 11 is 0. The number of esters is 1. The molecule has 1 aromatic carbocycles. The predicted molar refractivity (Wildman–Crippen MR) is 57.3 cm³/mol. The van der Waals surface area contributed by atoms with Gasteiger partial charge in [0, 0.05) is 6.42 Å². The van der Waals surface area contributed by atoms with E-state index < -0.39 is 18.2 Å². The van der Waals surface area contributed by atoms with Crippen LogP contribution in [0.1, 0.15) is 5.56 Å². The van der Waals surface area contributed by atoms with Crippen LogP contribution in [0.4, 0.5) is 4.79 Å². The Kier molecular flexibility index (Phi) is 3.59. The third kappa shape index (κ3) is 3.21. The zero-order valence-electron chi connectivity index (χ0n) is 9.13. The van der Waals surface area contributed by atoms with Gasteiger partial charge >= 0.3 is 12.1 Å². The van der Waals surface area contributed by atoms with Crippen LogP contribution in [0.5, 0.6) is 0 Å². The highest BCUT2D eigenvalue weighted by Gasteiger charge is 2.32. The minimum absolute atomic E-state index is 0.0665. The van der Waals surface area contributed by atoms with Crippen molar-refractivity contribution in [1.82, 2.24) is 0 Å². The largest absolute Gasteiger partial charge is 0.509 e. The quantitative estimate of drug-likeness (QED) is 0.737. The zero-order chi connectivity index (χ0) is 12.1. The number of ether oxygens (including phenoxy) is 3. The van der Waals surface area contributed by atoms with Gasteiger partial charge < -0.3 is 14.2 Å². The summed E-state index contributed by atoms with van der Waals surface area (Å²) in [5.41, 5.74) is 1.08. The second-order valence-corrected chi connectivity index (χ2v) is 3.57. The predicted octanol–water partition coefficient (Wildman–Crippen LogP) is 1.31. The average Bonchev–Trinajstić information content (AvgIpc) is 2.77. The molecule has 1 aliphatic heterocycles. The van der Waals surface area contributed by atoms with Crippen LogP contribution in [0.2, 0.25) is 0 Å². The van der Waals surface area contributed by atoms with Gasteiger partial charge in [-0.15, -0.1) is 0 Å². The molecular weight excluding hydrogens is 224 g/mol. The van der Waals surface area contributed by atoms with E-state index in [1.54, 1.807) is 0 Å². The lowest BCUT2D eigenvalue weighted by Gasteiger charge is -2.07. The highest BCUT2D eigenvalue weighted by atomic mass is 16.8. The minimum Gasteiger partial charge on any atom is -0.462 e. The fourth-order valence-corrected chi connectivity index (χ4v) is 1.45. The van der Waals surface area contributed by atoms with Crippen molar-refractivity contribution in [3.8, 4) is 0 Å². The highest BCUT2D eigenvalue weighted by Crippen LogP contribution is 2.08. The van der Waals surface area contributed by atoms with Gasteiger partial charge in [-0.05, 0) is 5.56 Å². The molecule has 1 aliphatic rings. The Morgan fingerprint density at radius 2 is 2.12 bits per heavy atom. The molecule has 5 heteroatoms. The highest BCUT2D eigenvalue weighted by molar-refractivity contribution is 5.79. The summed E-state index contributed by atoms with van der Waals surface area (Å²) < 4.78 is 14.1. The summed E-state index contributed by atoms with van der Waals surface area (Å²) in [6, 6.07) is 9.66. The van der Waals surface area contributed by atoms with E-state index >= 15 is 0 Å². The summed E-state index contributed by atoms with van der Waals surface area (Å²) in [6.45, 7) is 0.194. The first-order valence-electron chi connectivity index (χ1n) is 5.29. The van der Waals surface area contributed by atoms with Gasteiger partial charge in [-0.2, -0.15) is 0 Å². The van der Waals surface area contributed by atoms with Gasteiger partial charge in [0.1, 0.15) is 6.61 Å². The molecule has 1 fully saturated rings. The van der Waals surface area contributed by atoms with Gasteiger partial charge in [0.25, 0.3) is 0 Å². The van der Waals surface area contributed by atoms with E-state index in [4.69, 9.17) is 4.74 Å². The van der Waals surface area contributed by atoms with Crippen molar-refractivity contribution in [2.45, 2.75) is 12.5 Å². The maximum absolute atomic E-state index is 11.4. The molecule has 0 aromatic heterocycles. The van der Waals surface area contributed by atoms with Gasteiger partial charge in [-0.1, -0.05) is 30.3 Å². The fraction of sp³-hybridized carbons (Fsp3) is 0.333. The van der Waals surface area contributed by atoms with Crippen molar-refractivity contribution in [3.63, 3.8) is 0 Å². The number of benzene rings is 1. The maximum Gasteiger partial charge on any atom is 0.509 e. The minimum atomic E-state index is -0.918. The van der Waals surface area contributed by atoms with Gasteiger partial charge in [0.15, 0.2) is 0 Å². The van der Waals surface area contributed by atoms with Crippen LogP contribution in [0.3, 0.4) is 0 Å².